The molecule has 1 aliphatic heterocycles. The number of carbonyl (C=O) groups is 2. The van der Waals surface area contributed by atoms with E-state index in [0.29, 0.717) is 6.42 Å². The average molecular weight is 231 g/mol. The van der Waals surface area contributed by atoms with Crippen molar-refractivity contribution in [3.05, 3.63) is 48.6 Å². The lowest BCUT2D eigenvalue weighted by atomic mass is 10.1. The Labute approximate surface area is 99.5 Å². The largest absolute Gasteiger partial charge is 0.447 e. The Bertz CT molecular complexity index is 441. The number of imide groups is 1. The molecule has 0 aliphatic carbocycles. The number of rotatable bonds is 3. The highest BCUT2D eigenvalue weighted by molar-refractivity contribution is 5.99. The maximum atomic E-state index is 11.5. The van der Waals surface area contributed by atoms with E-state index >= 15 is 0 Å². The summed E-state index contributed by atoms with van der Waals surface area (Å²) in [6.45, 7) is 3.63. The highest BCUT2D eigenvalue weighted by atomic mass is 16.6. The van der Waals surface area contributed by atoms with Crippen LogP contribution in [0.25, 0.3) is 0 Å². The molecule has 88 valence electrons. The molecule has 4 nitrogen and oxygen atoms in total. The van der Waals surface area contributed by atoms with Crippen molar-refractivity contribution in [3.8, 4) is 0 Å². The number of amides is 2. The lowest BCUT2D eigenvalue weighted by Crippen LogP contribution is -2.39. The minimum Gasteiger partial charge on any atom is -0.447 e. The van der Waals surface area contributed by atoms with E-state index in [9.17, 15) is 9.59 Å². The van der Waals surface area contributed by atoms with E-state index in [4.69, 9.17) is 4.74 Å². The first kappa shape index (κ1) is 11.4. The van der Waals surface area contributed by atoms with Crippen molar-refractivity contribution in [1.82, 2.24) is 4.90 Å². The molecule has 0 saturated carbocycles. The summed E-state index contributed by atoms with van der Waals surface area (Å²) < 4.78 is 4.89. The second-order valence-electron chi connectivity index (χ2n) is 3.83. The molecule has 0 bridgehead atoms. The molecular weight excluding hydrogens is 218 g/mol. The third-order valence-electron chi connectivity index (χ3n) is 2.69. The molecule has 1 saturated heterocycles. The zero-order valence-electron chi connectivity index (χ0n) is 9.33. The second-order valence-corrected chi connectivity index (χ2v) is 3.83. The van der Waals surface area contributed by atoms with E-state index in [0.717, 1.165) is 16.5 Å². The zero-order valence-corrected chi connectivity index (χ0v) is 9.33. The van der Waals surface area contributed by atoms with Crippen molar-refractivity contribution >= 4 is 12.0 Å². The monoisotopic (exact) mass is 231 g/mol. The predicted octanol–water partition coefficient (Wildman–Crippen LogP) is 1.76. The average Bonchev–Trinajstić information content (AvgIpc) is 2.71. The molecule has 17 heavy (non-hydrogen) atoms. The number of carbonyl (C=O) groups excluding carboxylic acids is 2. The van der Waals surface area contributed by atoms with Crippen LogP contribution in [0.2, 0.25) is 0 Å². The summed E-state index contributed by atoms with van der Waals surface area (Å²) in [5.74, 6) is -0.409. The van der Waals surface area contributed by atoms with Crippen LogP contribution in [0, 0.1) is 0 Å². The van der Waals surface area contributed by atoms with Gasteiger partial charge in [-0.2, -0.15) is 0 Å². The molecular formula is C13H13NO3. The van der Waals surface area contributed by atoms with Crippen LogP contribution in [0.15, 0.2) is 43.0 Å². The van der Waals surface area contributed by atoms with Crippen LogP contribution >= 0.6 is 0 Å². The maximum absolute atomic E-state index is 11.5. The molecule has 1 atom stereocenters. The third kappa shape index (κ3) is 2.36. The summed E-state index contributed by atoms with van der Waals surface area (Å²) in [6.07, 6.45) is 1.15. The molecule has 1 heterocycles. The Morgan fingerprint density at radius 3 is 2.82 bits per heavy atom. The molecule has 0 aromatic heterocycles. The van der Waals surface area contributed by atoms with Gasteiger partial charge in [0.1, 0.15) is 6.61 Å². The predicted molar refractivity (Wildman–Crippen MR) is 62.3 cm³/mol. The van der Waals surface area contributed by atoms with Crippen LogP contribution in [0.4, 0.5) is 4.79 Å². The summed E-state index contributed by atoms with van der Waals surface area (Å²) in [5.41, 5.74) is 1.07. The number of ether oxygens (including phenoxy) is 1. The van der Waals surface area contributed by atoms with Crippen molar-refractivity contribution in [1.29, 1.82) is 0 Å². The smallest absolute Gasteiger partial charge is 0.417 e. The van der Waals surface area contributed by atoms with Gasteiger partial charge in [0.15, 0.2) is 0 Å². The molecule has 1 unspecified atom stereocenters. The number of cyclic esters (lactones) is 1. The highest BCUT2D eigenvalue weighted by Crippen LogP contribution is 2.17. The minimum atomic E-state index is -0.587. The van der Waals surface area contributed by atoms with Crippen molar-refractivity contribution in [2.75, 3.05) is 6.61 Å². The van der Waals surface area contributed by atoms with Gasteiger partial charge in [0, 0.05) is 0 Å². The molecule has 4 heteroatoms. The molecule has 2 amide bonds. The van der Waals surface area contributed by atoms with Gasteiger partial charge in [0.2, 0.25) is 0 Å². The summed E-state index contributed by atoms with van der Waals surface area (Å²) in [5, 5.41) is 0. The fraction of sp³-hybridized carbons (Fsp3) is 0.231. The van der Waals surface area contributed by atoms with Crippen LogP contribution in [0.3, 0.4) is 0 Å². The molecule has 1 aromatic rings. The van der Waals surface area contributed by atoms with E-state index in [-0.39, 0.29) is 12.6 Å². The number of benzene rings is 1. The van der Waals surface area contributed by atoms with Crippen molar-refractivity contribution < 1.29 is 14.3 Å². The van der Waals surface area contributed by atoms with E-state index in [1.807, 2.05) is 30.3 Å². The normalized spacial score (nSPS) is 18.9. The van der Waals surface area contributed by atoms with Gasteiger partial charge < -0.3 is 4.74 Å². The van der Waals surface area contributed by atoms with Gasteiger partial charge in [-0.15, -0.1) is 0 Å². The fourth-order valence-electron chi connectivity index (χ4n) is 1.87. The Balaban J connectivity index is 2.13. The first-order valence-corrected chi connectivity index (χ1v) is 5.38. The van der Waals surface area contributed by atoms with Gasteiger partial charge >= 0.3 is 6.09 Å². The number of hydrogen-bond donors (Lipinski definition) is 0. The summed E-state index contributed by atoms with van der Waals surface area (Å²) >= 11 is 0. The summed E-state index contributed by atoms with van der Waals surface area (Å²) in [7, 11) is 0. The van der Waals surface area contributed by atoms with Crippen LogP contribution in [-0.4, -0.2) is 29.5 Å². The van der Waals surface area contributed by atoms with Gasteiger partial charge in [0.05, 0.1) is 6.04 Å². The molecule has 1 aromatic carbocycles. The number of nitrogens with zero attached hydrogens (tertiary/aromatic N) is 1. The Hall–Kier alpha value is -2.10. The first-order chi connectivity index (χ1) is 8.22. The fourth-order valence-corrected chi connectivity index (χ4v) is 1.87. The van der Waals surface area contributed by atoms with Crippen LogP contribution in [0.5, 0.6) is 0 Å². The van der Waals surface area contributed by atoms with Crippen LogP contribution in [0.1, 0.15) is 5.56 Å². The van der Waals surface area contributed by atoms with Crippen LogP contribution < -0.4 is 0 Å². The quantitative estimate of drug-likeness (QED) is 0.745. The molecule has 2 rings (SSSR count). The zero-order chi connectivity index (χ0) is 12.3. The lowest BCUT2D eigenvalue weighted by molar-refractivity contribution is -0.124. The maximum Gasteiger partial charge on any atom is 0.417 e. The van der Waals surface area contributed by atoms with Gasteiger partial charge in [-0.3, -0.25) is 4.79 Å². The molecule has 0 N–H and O–H groups in total. The van der Waals surface area contributed by atoms with Crippen molar-refractivity contribution in [2.24, 2.45) is 0 Å². The summed E-state index contributed by atoms with van der Waals surface area (Å²) in [6, 6.07) is 9.44. The van der Waals surface area contributed by atoms with Crippen LogP contribution in [-0.2, 0) is 16.0 Å². The molecule has 1 fully saturated rings. The standard InChI is InChI=1S/C13H13NO3/c1-2-12(15)14-11(9-17-13(14)16)8-10-6-4-3-5-7-10/h2-7,11H,1,8-9H2. The second kappa shape index (κ2) is 4.82. The Morgan fingerprint density at radius 1 is 1.47 bits per heavy atom. The van der Waals surface area contributed by atoms with E-state index < -0.39 is 12.0 Å². The Morgan fingerprint density at radius 2 is 2.18 bits per heavy atom. The van der Waals surface area contributed by atoms with Crippen molar-refractivity contribution in [2.45, 2.75) is 12.5 Å². The Kier molecular flexibility index (Phi) is 3.23. The molecule has 0 spiro atoms. The van der Waals surface area contributed by atoms with E-state index in [1.165, 1.54) is 0 Å². The third-order valence-corrected chi connectivity index (χ3v) is 2.69. The van der Waals surface area contributed by atoms with Crippen molar-refractivity contribution in [3.63, 3.8) is 0 Å². The minimum absolute atomic E-state index is 0.240. The first-order valence-electron chi connectivity index (χ1n) is 5.38. The molecule has 1 aliphatic rings. The van der Waals surface area contributed by atoms with Gasteiger partial charge in [-0.05, 0) is 18.1 Å². The SMILES string of the molecule is C=CC(=O)N1C(=O)OCC1Cc1ccccc1. The summed E-state index contributed by atoms with van der Waals surface area (Å²) in [4.78, 5) is 24.1. The van der Waals surface area contributed by atoms with Gasteiger partial charge in [0.25, 0.3) is 5.91 Å². The van der Waals surface area contributed by atoms with Gasteiger partial charge in [-0.25, -0.2) is 9.69 Å². The molecule has 0 radical (unpaired) electrons. The number of hydrogen-bond acceptors (Lipinski definition) is 3. The van der Waals surface area contributed by atoms with Gasteiger partial charge in [-0.1, -0.05) is 36.9 Å². The lowest BCUT2D eigenvalue weighted by Gasteiger charge is -2.17. The van der Waals surface area contributed by atoms with E-state index in [1.54, 1.807) is 0 Å². The topological polar surface area (TPSA) is 46.6 Å². The highest BCUT2D eigenvalue weighted by Gasteiger charge is 2.36. The van der Waals surface area contributed by atoms with E-state index in [2.05, 4.69) is 6.58 Å².